The second kappa shape index (κ2) is 7.51. The molecule has 5 heteroatoms. The van der Waals surface area contributed by atoms with Crippen molar-refractivity contribution in [1.29, 1.82) is 0 Å². The molecule has 0 saturated heterocycles. The normalized spacial score (nSPS) is 12.2. The van der Waals surface area contributed by atoms with Gasteiger partial charge in [-0.3, -0.25) is 4.79 Å². The van der Waals surface area contributed by atoms with E-state index < -0.39 is 0 Å². The molecule has 0 radical (unpaired) electrons. The molecular formula is C17H23N3OS. The van der Waals surface area contributed by atoms with Crippen molar-refractivity contribution in [2.45, 2.75) is 32.9 Å². The summed E-state index contributed by atoms with van der Waals surface area (Å²) in [5.41, 5.74) is 2.91. The van der Waals surface area contributed by atoms with E-state index in [0.717, 1.165) is 23.2 Å². The zero-order chi connectivity index (χ0) is 16.1. The molecule has 1 atom stereocenters. The smallest absolute Gasteiger partial charge is 0.253 e. The van der Waals surface area contributed by atoms with Gasteiger partial charge in [0, 0.05) is 37.6 Å². The summed E-state index contributed by atoms with van der Waals surface area (Å²) in [6.45, 7) is 4.95. The largest absolute Gasteiger partial charge is 0.345 e. The quantitative estimate of drug-likeness (QED) is 0.889. The molecule has 4 nitrogen and oxygen atoms in total. The lowest BCUT2D eigenvalue weighted by Gasteiger charge is -2.13. The fourth-order valence-electron chi connectivity index (χ4n) is 2.13. The summed E-state index contributed by atoms with van der Waals surface area (Å²) < 4.78 is 0. The zero-order valence-corrected chi connectivity index (χ0v) is 14.4. The number of amides is 1. The Labute approximate surface area is 136 Å². The summed E-state index contributed by atoms with van der Waals surface area (Å²) in [6, 6.07) is 7.95. The molecule has 2 rings (SSSR count). The first-order valence-corrected chi connectivity index (χ1v) is 8.37. The van der Waals surface area contributed by atoms with Gasteiger partial charge in [-0.2, -0.15) is 0 Å². The number of nitrogens with one attached hydrogen (secondary N) is 1. The van der Waals surface area contributed by atoms with Gasteiger partial charge in [0.05, 0.1) is 10.7 Å². The molecule has 1 heterocycles. The molecule has 1 N–H and O–H groups in total. The second-order valence-corrected chi connectivity index (χ2v) is 6.46. The molecule has 0 aliphatic heterocycles. The van der Waals surface area contributed by atoms with E-state index in [-0.39, 0.29) is 11.9 Å². The van der Waals surface area contributed by atoms with Gasteiger partial charge < -0.3 is 10.2 Å². The predicted molar refractivity (Wildman–Crippen MR) is 91.2 cm³/mol. The van der Waals surface area contributed by atoms with Crippen LogP contribution in [0.3, 0.4) is 0 Å². The van der Waals surface area contributed by atoms with Crippen molar-refractivity contribution < 1.29 is 4.79 Å². The second-order valence-electron chi connectivity index (χ2n) is 5.52. The van der Waals surface area contributed by atoms with E-state index in [4.69, 9.17) is 0 Å². The number of carbonyl (C=O) groups is 1. The third-order valence-corrected chi connectivity index (χ3v) is 4.52. The van der Waals surface area contributed by atoms with Crippen LogP contribution < -0.4 is 5.32 Å². The number of aryl methyl sites for hydroxylation is 1. The van der Waals surface area contributed by atoms with Gasteiger partial charge in [0.15, 0.2) is 0 Å². The van der Waals surface area contributed by atoms with Gasteiger partial charge in [-0.05, 0) is 31.0 Å². The van der Waals surface area contributed by atoms with E-state index in [1.54, 1.807) is 30.3 Å². The Balaban J connectivity index is 1.99. The topological polar surface area (TPSA) is 45.2 Å². The Morgan fingerprint density at radius 2 is 2.18 bits per heavy atom. The van der Waals surface area contributed by atoms with Gasteiger partial charge in [0.2, 0.25) is 0 Å². The summed E-state index contributed by atoms with van der Waals surface area (Å²) in [5, 5.41) is 6.75. The first kappa shape index (κ1) is 16.6. The minimum atomic E-state index is 0.0296. The minimum absolute atomic E-state index is 0.0296. The molecule has 0 saturated carbocycles. The van der Waals surface area contributed by atoms with Crippen LogP contribution >= 0.6 is 11.3 Å². The van der Waals surface area contributed by atoms with E-state index in [9.17, 15) is 4.79 Å². The first-order valence-electron chi connectivity index (χ1n) is 7.49. The molecule has 118 valence electrons. The molecule has 0 unspecified atom stereocenters. The molecule has 1 aromatic heterocycles. The highest BCUT2D eigenvalue weighted by Crippen LogP contribution is 2.17. The van der Waals surface area contributed by atoms with E-state index in [1.807, 2.05) is 24.3 Å². The fourth-order valence-corrected chi connectivity index (χ4v) is 2.97. The summed E-state index contributed by atoms with van der Waals surface area (Å²) in [4.78, 5) is 18.2. The van der Waals surface area contributed by atoms with Gasteiger partial charge in [0.25, 0.3) is 5.91 Å². The molecule has 2 aromatic rings. The van der Waals surface area contributed by atoms with Crippen LogP contribution in [0.25, 0.3) is 0 Å². The van der Waals surface area contributed by atoms with Crippen LogP contribution in [0, 0.1) is 0 Å². The summed E-state index contributed by atoms with van der Waals surface area (Å²) in [7, 11) is 3.53. The van der Waals surface area contributed by atoms with Crippen molar-refractivity contribution in [3.63, 3.8) is 0 Å². The number of aromatic nitrogens is 1. The van der Waals surface area contributed by atoms with Crippen molar-refractivity contribution in [2.75, 3.05) is 14.1 Å². The summed E-state index contributed by atoms with van der Waals surface area (Å²) in [5.74, 6) is 0.0296. The molecule has 0 bridgehead atoms. The number of rotatable bonds is 6. The SMILES string of the molecule is CCc1nc([C@@H](C)NCc2cccc(C(=O)N(C)C)c2)cs1. The molecule has 0 fully saturated rings. The standard InChI is InChI=1S/C17H23N3OS/c1-5-16-19-15(11-22-16)12(2)18-10-13-7-6-8-14(9-13)17(21)20(3)4/h6-9,11-12,18H,5,10H2,1-4H3/t12-/m1/s1. The van der Waals surface area contributed by atoms with Crippen molar-refractivity contribution >= 4 is 17.2 Å². The third-order valence-electron chi connectivity index (χ3n) is 3.51. The zero-order valence-electron chi connectivity index (χ0n) is 13.6. The van der Waals surface area contributed by atoms with Crippen LogP contribution in [-0.2, 0) is 13.0 Å². The van der Waals surface area contributed by atoms with Gasteiger partial charge >= 0.3 is 0 Å². The average molecular weight is 317 g/mol. The number of hydrogen-bond donors (Lipinski definition) is 1. The predicted octanol–water partition coefficient (Wildman–Crippen LogP) is 3.26. The number of carbonyl (C=O) groups excluding carboxylic acids is 1. The van der Waals surface area contributed by atoms with E-state index >= 15 is 0 Å². The third kappa shape index (κ3) is 4.15. The number of nitrogens with zero attached hydrogens (tertiary/aromatic N) is 2. The Bertz CT molecular complexity index is 636. The van der Waals surface area contributed by atoms with Crippen molar-refractivity contribution in [3.05, 3.63) is 51.5 Å². The van der Waals surface area contributed by atoms with Crippen molar-refractivity contribution in [1.82, 2.24) is 15.2 Å². The van der Waals surface area contributed by atoms with Gasteiger partial charge in [-0.1, -0.05) is 19.1 Å². The number of hydrogen-bond acceptors (Lipinski definition) is 4. The maximum Gasteiger partial charge on any atom is 0.253 e. The monoisotopic (exact) mass is 317 g/mol. The van der Waals surface area contributed by atoms with E-state index in [0.29, 0.717) is 6.54 Å². The molecule has 0 aliphatic carbocycles. The lowest BCUT2D eigenvalue weighted by Crippen LogP contribution is -2.22. The first-order chi connectivity index (χ1) is 10.5. The van der Waals surface area contributed by atoms with Crippen molar-refractivity contribution in [2.24, 2.45) is 0 Å². The number of benzene rings is 1. The van der Waals surface area contributed by atoms with Gasteiger partial charge in [-0.15, -0.1) is 11.3 Å². The maximum absolute atomic E-state index is 12.0. The van der Waals surface area contributed by atoms with Crippen LogP contribution in [0.4, 0.5) is 0 Å². The highest BCUT2D eigenvalue weighted by molar-refractivity contribution is 7.09. The van der Waals surface area contributed by atoms with Crippen LogP contribution in [-0.4, -0.2) is 29.9 Å². The maximum atomic E-state index is 12.0. The van der Waals surface area contributed by atoms with Crippen LogP contribution in [0.5, 0.6) is 0 Å². The van der Waals surface area contributed by atoms with Crippen LogP contribution in [0.1, 0.15) is 46.5 Å². The van der Waals surface area contributed by atoms with Gasteiger partial charge in [0.1, 0.15) is 0 Å². The van der Waals surface area contributed by atoms with Gasteiger partial charge in [-0.25, -0.2) is 4.98 Å². The molecule has 22 heavy (non-hydrogen) atoms. The van der Waals surface area contributed by atoms with E-state index in [1.165, 1.54) is 5.01 Å². The lowest BCUT2D eigenvalue weighted by molar-refractivity contribution is 0.0827. The number of thiazole rings is 1. The Hall–Kier alpha value is -1.72. The lowest BCUT2D eigenvalue weighted by atomic mass is 10.1. The minimum Gasteiger partial charge on any atom is -0.345 e. The fraction of sp³-hybridized carbons (Fsp3) is 0.412. The molecule has 0 aliphatic rings. The summed E-state index contributed by atoms with van der Waals surface area (Å²) in [6.07, 6.45) is 0.978. The summed E-state index contributed by atoms with van der Waals surface area (Å²) >= 11 is 1.71. The van der Waals surface area contributed by atoms with Crippen LogP contribution in [0.15, 0.2) is 29.6 Å². The highest BCUT2D eigenvalue weighted by Gasteiger charge is 2.11. The Kier molecular flexibility index (Phi) is 5.69. The molecule has 1 amide bonds. The molecule has 1 aromatic carbocycles. The highest BCUT2D eigenvalue weighted by atomic mass is 32.1. The van der Waals surface area contributed by atoms with Crippen molar-refractivity contribution in [3.8, 4) is 0 Å². The van der Waals surface area contributed by atoms with Crippen LogP contribution in [0.2, 0.25) is 0 Å². The average Bonchev–Trinajstić information content (AvgIpc) is 3.01. The Morgan fingerprint density at radius 3 is 2.82 bits per heavy atom. The molecular weight excluding hydrogens is 294 g/mol. The molecule has 0 spiro atoms. The van der Waals surface area contributed by atoms with E-state index in [2.05, 4.69) is 29.5 Å². The Morgan fingerprint density at radius 1 is 1.41 bits per heavy atom.